The fourth-order valence-corrected chi connectivity index (χ4v) is 6.16. The largest absolute Gasteiger partial charge is 0.480 e. The number of rotatable bonds is 31. The first kappa shape index (κ1) is 46.3. The van der Waals surface area contributed by atoms with Crippen molar-refractivity contribution in [3.8, 4) is 0 Å². The van der Waals surface area contributed by atoms with Gasteiger partial charge < -0.3 is 40.4 Å². The molecule has 0 unspecified atom stereocenters. The van der Waals surface area contributed by atoms with Gasteiger partial charge in [0.25, 0.3) is 11.5 Å². The lowest BCUT2D eigenvalue weighted by Crippen LogP contribution is -2.41. The summed E-state index contributed by atoms with van der Waals surface area (Å²) in [5.74, 6) is -1.97. The van der Waals surface area contributed by atoms with Gasteiger partial charge in [0.05, 0.1) is 44.9 Å². The van der Waals surface area contributed by atoms with E-state index in [1.165, 1.54) is 18.3 Å². The van der Waals surface area contributed by atoms with Gasteiger partial charge >= 0.3 is 5.97 Å². The Morgan fingerprint density at radius 2 is 1.37 bits per heavy atom. The number of carbonyl (C=O) groups excluding carboxylic acids is 2. The molecule has 2 heterocycles. The number of carboxylic acids is 1. The average Bonchev–Trinajstić information content (AvgIpc) is 3.23. The van der Waals surface area contributed by atoms with Crippen LogP contribution in [0, 0.1) is 0 Å². The van der Waals surface area contributed by atoms with Crippen LogP contribution in [-0.2, 0) is 47.9 Å². The molecule has 0 aliphatic carbocycles. The molecule has 2 aromatic heterocycles. The lowest BCUT2D eigenvalue weighted by Gasteiger charge is -2.14. The number of aromatic nitrogens is 4. The molecule has 0 fully saturated rings. The number of anilines is 2. The predicted octanol–water partition coefficient (Wildman–Crippen LogP) is 2.64. The molecule has 0 spiro atoms. The number of amides is 1. The van der Waals surface area contributed by atoms with Gasteiger partial charge in [-0.3, -0.25) is 29.0 Å². The van der Waals surface area contributed by atoms with E-state index < -0.39 is 23.5 Å². The third-order valence-corrected chi connectivity index (χ3v) is 9.41. The fraction of sp³-hybridized carbons (Fsp3) is 0.537. The Labute approximate surface area is 341 Å². The summed E-state index contributed by atoms with van der Waals surface area (Å²) in [6.07, 6.45) is 7.50. The number of hydrogen-bond donors (Lipinski definition) is 5. The summed E-state index contributed by atoms with van der Waals surface area (Å²) in [5.41, 5.74) is 7.29. The highest BCUT2D eigenvalue weighted by Gasteiger charge is 2.22. The monoisotopic (exact) mass is 821 g/mol. The number of nitrogens with one attached hydrogen (secondary N) is 3. The molecular weight excluding hydrogens is 766 g/mol. The second-order valence-corrected chi connectivity index (χ2v) is 13.9. The van der Waals surface area contributed by atoms with Crippen molar-refractivity contribution in [3.05, 3.63) is 83.6 Å². The van der Waals surface area contributed by atoms with E-state index in [4.69, 9.17) is 24.7 Å². The first-order valence-electron chi connectivity index (χ1n) is 20.1. The summed E-state index contributed by atoms with van der Waals surface area (Å²) >= 11 is 0. The van der Waals surface area contributed by atoms with Crippen LogP contribution >= 0.6 is 0 Å². The van der Waals surface area contributed by atoms with Gasteiger partial charge in [0, 0.05) is 61.6 Å². The van der Waals surface area contributed by atoms with E-state index >= 15 is 0 Å². The van der Waals surface area contributed by atoms with Crippen LogP contribution in [-0.4, -0.2) is 102 Å². The molecule has 59 heavy (non-hydrogen) atoms. The standard InChI is InChI=1S/C41H55N7O11/c1-2-56-18-7-4-10-31-32(36(51)35(31)50)11-5-8-20-58-22-24-59-23-21-57-19-6-3-9-30(49)16-17-33(40(54)55)46-38(52)27-12-14-28(15-13-27)43-25-29-26-44-37-34(45-29)39(53)48-41(42)47-37/h12-15,26,33,43H,2-11,16-25H2,1H3,(H,46,52)(H,54,55)(H3,42,44,47,48,53)/t33-/m0/s1. The van der Waals surface area contributed by atoms with E-state index in [-0.39, 0.29) is 65.1 Å². The Morgan fingerprint density at radius 1 is 0.780 bits per heavy atom. The number of H-pyrrole nitrogens is 1. The molecule has 2 aromatic carbocycles. The van der Waals surface area contributed by atoms with E-state index in [0.29, 0.717) is 101 Å². The fourth-order valence-electron chi connectivity index (χ4n) is 6.16. The van der Waals surface area contributed by atoms with Crippen LogP contribution < -0.4 is 32.8 Å². The summed E-state index contributed by atoms with van der Waals surface area (Å²) in [6, 6.07) is 5.13. The zero-order chi connectivity index (χ0) is 42.4. The zero-order valence-corrected chi connectivity index (χ0v) is 33.6. The van der Waals surface area contributed by atoms with Gasteiger partial charge in [0.2, 0.25) is 16.8 Å². The maximum atomic E-state index is 12.8. The van der Waals surface area contributed by atoms with Crippen LogP contribution in [0.2, 0.25) is 0 Å². The van der Waals surface area contributed by atoms with Crippen molar-refractivity contribution in [3.63, 3.8) is 0 Å². The zero-order valence-electron chi connectivity index (χ0n) is 33.6. The maximum Gasteiger partial charge on any atom is 0.326 e. The number of nitrogens with two attached hydrogens (primary N) is 1. The number of carbonyl (C=O) groups is 3. The van der Waals surface area contributed by atoms with Gasteiger partial charge in [-0.15, -0.1) is 0 Å². The first-order chi connectivity index (χ1) is 28.6. The van der Waals surface area contributed by atoms with Crippen molar-refractivity contribution in [2.75, 3.05) is 63.9 Å². The Morgan fingerprint density at radius 3 is 1.98 bits per heavy atom. The number of ketones is 1. The van der Waals surface area contributed by atoms with Crippen LogP contribution in [0.5, 0.6) is 0 Å². The lowest BCUT2D eigenvalue weighted by molar-refractivity contribution is -0.139. The molecule has 4 aromatic rings. The van der Waals surface area contributed by atoms with Gasteiger partial charge in [0.1, 0.15) is 11.8 Å². The van der Waals surface area contributed by atoms with Crippen LogP contribution in [0.3, 0.4) is 0 Å². The minimum atomic E-state index is -1.23. The average molecular weight is 822 g/mol. The van der Waals surface area contributed by atoms with E-state index in [1.807, 2.05) is 6.92 Å². The molecular formula is C41H55N7O11. The van der Waals surface area contributed by atoms with Crippen molar-refractivity contribution in [2.24, 2.45) is 0 Å². The molecule has 0 radical (unpaired) electrons. The molecule has 0 saturated heterocycles. The number of benzene rings is 1. The van der Waals surface area contributed by atoms with Crippen molar-refractivity contribution >= 4 is 40.5 Å². The number of fused-ring (bicyclic) bond motifs is 1. The number of carboxylic acid groups (broad SMARTS) is 1. The number of Topliss-reactive ketones (excluding diaryl/α,β-unsaturated/α-hetero) is 1. The van der Waals surface area contributed by atoms with Crippen LogP contribution in [0.4, 0.5) is 11.6 Å². The predicted molar refractivity (Wildman–Crippen MR) is 219 cm³/mol. The highest BCUT2D eigenvalue weighted by atomic mass is 16.5. The molecule has 320 valence electrons. The molecule has 6 N–H and O–H groups in total. The Bertz CT molecular complexity index is 2080. The lowest BCUT2D eigenvalue weighted by atomic mass is 9.92. The Hall–Kier alpha value is -5.43. The topological polar surface area (TPSA) is 264 Å². The van der Waals surface area contributed by atoms with Crippen molar-refractivity contribution in [2.45, 2.75) is 90.1 Å². The number of aliphatic carboxylic acids is 1. The summed E-state index contributed by atoms with van der Waals surface area (Å²) in [4.78, 5) is 87.7. The third kappa shape index (κ3) is 15.7. The Balaban J connectivity index is 0.981. The SMILES string of the molecule is CCOCCCCc1c(CCCCOCCOCCOCCCCC(=O)CC[C@H](NC(=O)c2ccc(NCc3cnc4nc(N)[nH]c(=O)c4n3)cc2)C(=O)O)c(=O)c1=O. The highest BCUT2D eigenvalue weighted by Crippen LogP contribution is 2.14. The van der Waals surface area contributed by atoms with Crippen LogP contribution in [0.15, 0.2) is 44.8 Å². The molecule has 4 rings (SSSR count). The van der Waals surface area contributed by atoms with Gasteiger partial charge in [-0.2, -0.15) is 4.98 Å². The number of hydrogen-bond acceptors (Lipinski definition) is 15. The van der Waals surface area contributed by atoms with Crippen molar-refractivity contribution < 1.29 is 38.4 Å². The normalized spacial score (nSPS) is 11.9. The first-order valence-corrected chi connectivity index (χ1v) is 20.1. The van der Waals surface area contributed by atoms with Crippen molar-refractivity contribution in [1.29, 1.82) is 0 Å². The summed E-state index contributed by atoms with van der Waals surface area (Å²) in [5, 5.41) is 15.3. The molecule has 0 bridgehead atoms. The highest BCUT2D eigenvalue weighted by molar-refractivity contribution is 5.97. The van der Waals surface area contributed by atoms with Crippen LogP contribution in [0.1, 0.15) is 91.9 Å². The van der Waals surface area contributed by atoms with Crippen LogP contribution in [0.25, 0.3) is 11.2 Å². The molecule has 1 amide bonds. The van der Waals surface area contributed by atoms with E-state index in [2.05, 4.69) is 30.6 Å². The smallest absolute Gasteiger partial charge is 0.326 e. The molecule has 0 aliphatic rings. The number of unbranched alkanes of at least 4 members (excludes halogenated alkanes) is 3. The minimum absolute atomic E-state index is 0.0132. The number of ether oxygens (including phenoxy) is 4. The molecule has 18 heteroatoms. The third-order valence-electron chi connectivity index (χ3n) is 9.41. The minimum Gasteiger partial charge on any atom is -0.480 e. The number of nitrogen functional groups attached to an aromatic ring is 1. The molecule has 1 atom stereocenters. The summed E-state index contributed by atoms with van der Waals surface area (Å²) in [6.45, 7) is 6.20. The van der Waals surface area contributed by atoms with Gasteiger partial charge in [-0.1, -0.05) is 0 Å². The second kappa shape index (κ2) is 25.1. The number of nitrogens with zero attached hydrogens (tertiary/aromatic N) is 3. The molecule has 18 nitrogen and oxygen atoms in total. The Kier molecular flexibility index (Phi) is 19.7. The summed E-state index contributed by atoms with van der Waals surface area (Å²) in [7, 11) is 0. The summed E-state index contributed by atoms with van der Waals surface area (Å²) < 4.78 is 22.0. The second-order valence-electron chi connectivity index (χ2n) is 13.9. The molecule has 0 aliphatic heterocycles. The van der Waals surface area contributed by atoms with Gasteiger partial charge in [0.15, 0.2) is 11.2 Å². The van der Waals surface area contributed by atoms with Gasteiger partial charge in [-0.05, 0) is 89.0 Å². The number of aromatic amines is 1. The molecule has 0 saturated carbocycles. The van der Waals surface area contributed by atoms with Gasteiger partial charge in [-0.25, -0.2) is 14.8 Å². The van der Waals surface area contributed by atoms with E-state index in [0.717, 1.165) is 25.7 Å². The van der Waals surface area contributed by atoms with Crippen molar-refractivity contribution in [1.82, 2.24) is 25.3 Å². The quantitative estimate of drug-likeness (QED) is 0.0361. The van der Waals surface area contributed by atoms with E-state index in [1.54, 1.807) is 12.1 Å². The maximum absolute atomic E-state index is 12.8. The van der Waals surface area contributed by atoms with E-state index in [9.17, 15) is 33.9 Å².